The number of aliphatic hydroxyl groups excluding tert-OH is 1. The van der Waals surface area contributed by atoms with E-state index in [-0.39, 0.29) is 10.6 Å². The molecule has 0 radical (unpaired) electrons. The molecule has 0 bridgehead atoms. The van der Waals surface area contributed by atoms with Gasteiger partial charge < -0.3 is 10.0 Å². The Morgan fingerprint density at radius 1 is 1.67 bits per heavy atom. The maximum absolute atomic E-state index is 11.1. The summed E-state index contributed by atoms with van der Waals surface area (Å²) < 4.78 is 0. The molecule has 0 amide bonds. The second-order valence-corrected chi connectivity index (χ2v) is 6.03. The lowest BCUT2D eigenvalue weighted by Crippen LogP contribution is -2.33. The molecule has 100 valence electrons. The van der Waals surface area contributed by atoms with Crippen LogP contribution in [0.3, 0.4) is 0 Å². The van der Waals surface area contributed by atoms with Gasteiger partial charge in [-0.05, 0) is 25.7 Å². The maximum Gasteiger partial charge on any atom is 0.304 e. The molecule has 1 aliphatic rings. The third-order valence-corrected chi connectivity index (χ3v) is 4.62. The summed E-state index contributed by atoms with van der Waals surface area (Å²) in [5.74, 6) is 0.565. The highest BCUT2D eigenvalue weighted by atomic mass is 32.1. The average molecular weight is 270 g/mol. The van der Waals surface area contributed by atoms with E-state index in [2.05, 4.69) is 11.8 Å². The van der Waals surface area contributed by atoms with Gasteiger partial charge in [-0.2, -0.15) is 0 Å². The van der Waals surface area contributed by atoms with Gasteiger partial charge in [-0.3, -0.25) is 10.1 Å². The fourth-order valence-corrected chi connectivity index (χ4v) is 3.42. The van der Waals surface area contributed by atoms with Crippen molar-refractivity contribution >= 4 is 22.0 Å². The summed E-state index contributed by atoms with van der Waals surface area (Å²) in [6, 6.07) is 1.50. The monoisotopic (exact) mass is 270 g/mol. The van der Waals surface area contributed by atoms with E-state index in [9.17, 15) is 15.2 Å². The van der Waals surface area contributed by atoms with Crippen molar-refractivity contribution in [2.75, 3.05) is 18.0 Å². The largest absolute Gasteiger partial charge is 0.388 e. The van der Waals surface area contributed by atoms with E-state index in [0.29, 0.717) is 15.8 Å². The summed E-state index contributed by atoms with van der Waals surface area (Å²) >= 11 is 1.34. The summed E-state index contributed by atoms with van der Waals surface area (Å²) in [6.07, 6.45) is 1.60. The van der Waals surface area contributed by atoms with Crippen molar-refractivity contribution in [3.63, 3.8) is 0 Å². The Labute approximate surface area is 110 Å². The Hall–Kier alpha value is -1.14. The zero-order chi connectivity index (χ0) is 13.3. The number of thiophene rings is 1. The summed E-state index contributed by atoms with van der Waals surface area (Å²) in [5, 5.41) is 21.3. The van der Waals surface area contributed by atoms with Gasteiger partial charge in [0.2, 0.25) is 0 Å². The molecule has 5 nitrogen and oxygen atoms in total. The van der Waals surface area contributed by atoms with Crippen LogP contribution in [-0.2, 0) is 0 Å². The van der Waals surface area contributed by atoms with Crippen LogP contribution in [-0.4, -0.2) is 23.1 Å². The molecule has 0 aliphatic carbocycles. The van der Waals surface area contributed by atoms with Crippen LogP contribution in [0, 0.1) is 16.0 Å². The third kappa shape index (κ3) is 2.64. The lowest BCUT2D eigenvalue weighted by Gasteiger charge is -2.31. The molecule has 2 rings (SSSR count). The van der Waals surface area contributed by atoms with Crippen molar-refractivity contribution in [2.24, 2.45) is 5.92 Å². The molecule has 1 aromatic heterocycles. The van der Waals surface area contributed by atoms with E-state index in [1.54, 1.807) is 6.92 Å². The Morgan fingerprint density at radius 3 is 2.94 bits per heavy atom. The van der Waals surface area contributed by atoms with E-state index < -0.39 is 6.10 Å². The van der Waals surface area contributed by atoms with Gasteiger partial charge in [0.1, 0.15) is 0 Å². The first-order valence-electron chi connectivity index (χ1n) is 6.20. The number of anilines is 1. The fraction of sp³-hybridized carbons (Fsp3) is 0.667. The first-order valence-corrected chi connectivity index (χ1v) is 7.01. The predicted octanol–water partition coefficient (Wildman–Crippen LogP) is 2.95. The Bertz CT molecular complexity index is 445. The maximum atomic E-state index is 11.1. The molecular formula is C12H18N2O3S. The number of piperidine rings is 1. The van der Waals surface area contributed by atoms with E-state index in [1.165, 1.54) is 23.8 Å². The van der Waals surface area contributed by atoms with Gasteiger partial charge in [-0.1, -0.05) is 6.92 Å². The zero-order valence-electron chi connectivity index (χ0n) is 10.6. The Morgan fingerprint density at radius 2 is 2.39 bits per heavy atom. The van der Waals surface area contributed by atoms with Gasteiger partial charge in [0.25, 0.3) is 0 Å². The molecule has 18 heavy (non-hydrogen) atoms. The van der Waals surface area contributed by atoms with Gasteiger partial charge in [0.15, 0.2) is 5.00 Å². The molecular weight excluding hydrogens is 252 g/mol. The van der Waals surface area contributed by atoms with Crippen LogP contribution in [0.5, 0.6) is 0 Å². The van der Waals surface area contributed by atoms with Crippen LogP contribution < -0.4 is 4.90 Å². The van der Waals surface area contributed by atoms with Gasteiger partial charge in [-0.15, -0.1) is 11.3 Å². The quantitative estimate of drug-likeness (QED) is 0.677. The highest BCUT2D eigenvalue weighted by Gasteiger charge is 2.27. The third-order valence-electron chi connectivity index (χ3n) is 3.27. The van der Waals surface area contributed by atoms with Crippen molar-refractivity contribution < 1.29 is 10.0 Å². The molecule has 1 saturated heterocycles. The molecule has 6 heteroatoms. The van der Waals surface area contributed by atoms with Crippen LogP contribution in [0.25, 0.3) is 0 Å². The minimum absolute atomic E-state index is 0.130. The van der Waals surface area contributed by atoms with E-state index in [0.717, 1.165) is 19.5 Å². The molecule has 1 aliphatic heterocycles. The molecule has 2 atom stereocenters. The van der Waals surface area contributed by atoms with Gasteiger partial charge in [0.05, 0.1) is 11.0 Å². The highest BCUT2D eigenvalue weighted by molar-refractivity contribution is 7.16. The SMILES string of the molecule is CC1CCCN(c2sc([C@@H](C)O)cc2[N+](=O)[O-])C1. The van der Waals surface area contributed by atoms with Gasteiger partial charge in [0, 0.05) is 24.0 Å². The number of nitrogens with zero attached hydrogens (tertiary/aromatic N) is 2. The first-order chi connectivity index (χ1) is 8.49. The second kappa shape index (κ2) is 5.24. The van der Waals surface area contributed by atoms with E-state index >= 15 is 0 Å². The van der Waals surface area contributed by atoms with Crippen LogP contribution >= 0.6 is 11.3 Å². The highest BCUT2D eigenvalue weighted by Crippen LogP contribution is 2.41. The van der Waals surface area contributed by atoms with Crippen LogP contribution in [0.4, 0.5) is 10.7 Å². The standard InChI is InChI=1S/C12H18N2O3S/c1-8-4-3-5-13(7-8)12-10(14(16)17)6-11(18-12)9(2)15/h6,8-9,15H,3-5,7H2,1-2H3/t8?,9-/m1/s1. The van der Waals surface area contributed by atoms with Gasteiger partial charge >= 0.3 is 5.69 Å². The van der Waals surface area contributed by atoms with Crippen molar-refractivity contribution in [3.8, 4) is 0 Å². The van der Waals surface area contributed by atoms with Crippen molar-refractivity contribution in [1.82, 2.24) is 0 Å². The normalized spacial score (nSPS) is 21.9. The van der Waals surface area contributed by atoms with Crippen molar-refractivity contribution in [3.05, 3.63) is 21.1 Å². The Kier molecular flexibility index (Phi) is 3.87. The van der Waals surface area contributed by atoms with Crippen LogP contribution in [0.15, 0.2) is 6.07 Å². The number of hydrogen-bond acceptors (Lipinski definition) is 5. The number of aliphatic hydroxyl groups is 1. The van der Waals surface area contributed by atoms with Crippen LogP contribution in [0.1, 0.15) is 37.7 Å². The lowest BCUT2D eigenvalue weighted by molar-refractivity contribution is -0.383. The number of nitro groups is 1. The molecule has 2 heterocycles. The minimum atomic E-state index is -0.648. The minimum Gasteiger partial charge on any atom is -0.388 e. The summed E-state index contributed by atoms with van der Waals surface area (Å²) in [6.45, 7) is 5.53. The first kappa shape index (κ1) is 13.3. The fourth-order valence-electron chi connectivity index (χ4n) is 2.33. The van der Waals surface area contributed by atoms with E-state index in [4.69, 9.17) is 0 Å². The van der Waals surface area contributed by atoms with Crippen LogP contribution in [0.2, 0.25) is 0 Å². The van der Waals surface area contributed by atoms with Crippen molar-refractivity contribution in [1.29, 1.82) is 0 Å². The second-order valence-electron chi connectivity index (χ2n) is 4.97. The molecule has 1 aromatic rings. The summed E-state index contributed by atoms with van der Waals surface area (Å²) in [7, 11) is 0. The van der Waals surface area contributed by atoms with E-state index in [1.807, 2.05) is 0 Å². The molecule has 1 fully saturated rings. The topological polar surface area (TPSA) is 66.6 Å². The van der Waals surface area contributed by atoms with Crippen molar-refractivity contribution in [2.45, 2.75) is 32.8 Å². The summed E-state index contributed by atoms with van der Waals surface area (Å²) in [4.78, 5) is 13.5. The smallest absolute Gasteiger partial charge is 0.304 e. The lowest BCUT2D eigenvalue weighted by atomic mass is 10.0. The molecule has 1 N–H and O–H groups in total. The number of hydrogen-bond donors (Lipinski definition) is 1. The summed E-state index contributed by atoms with van der Waals surface area (Å²) in [5.41, 5.74) is 0.130. The molecule has 1 unspecified atom stereocenters. The predicted molar refractivity (Wildman–Crippen MR) is 72.2 cm³/mol. The molecule has 0 saturated carbocycles. The average Bonchev–Trinajstić information content (AvgIpc) is 2.73. The molecule has 0 aromatic carbocycles. The Balaban J connectivity index is 2.32. The van der Waals surface area contributed by atoms with Gasteiger partial charge in [-0.25, -0.2) is 0 Å². The molecule has 0 spiro atoms. The zero-order valence-corrected chi connectivity index (χ0v) is 11.4. The number of rotatable bonds is 3.